The van der Waals surface area contributed by atoms with Crippen molar-refractivity contribution < 1.29 is 9.53 Å². The summed E-state index contributed by atoms with van der Waals surface area (Å²) in [6.07, 6.45) is 0. The van der Waals surface area contributed by atoms with Gasteiger partial charge >= 0.3 is 12.5 Å². The number of esters is 1. The molecule has 0 amide bonds. The highest BCUT2D eigenvalue weighted by atomic mass is 16.5. The molecular formula is C4H7N2O2+. The first-order chi connectivity index (χ1) is 3.77. The minimum absolute atomic E-state index is 0.152. The lowest BCUT2D eigenvalue weighted by Gasteiger charge is -1.88. The van der Waals surface area contributed by atoms with E-state index in [1.807, 2.05) is 0 Å². The van der Waals surface area contributed by atoms with Gasteiger partial charge in [0.25, 0.3) is 0 Å². The van der Waals surface area contributed by atoms with Gasteiger partial charge in [-0.2, -0.15) is 0 Å². The van der Waals surface area contributed by atoms with Crippen molar-refractivity contribution in [3.63, 3.8) is 0 Å². The maximum Gasteiger partial charge on any atom is 0.338 e. The summed E-state index contributed by atoms with van der Waals surface area (Å²) in [6.45, 7) is 1.61. The number of hydrogen-bond donors (Lipinski definition) is 0. The summed E-state index contributed by atoms with van der Waals surface area (Å²) in [5, 5.41) is 7.81. The fraction of sp³-hybridized carbons (Fsp3) is 0.750. The van der Waals surface area contributed by atoms with Crippen LogP contribution in [-0.4, -0.2) is 19.1 Å². The second-order valence-electron chi connectivity index (χ2n) is 1.21. The van der Waals surface area contributed by atoms with Gasteiger partial charge in [-0.05, 0) is 0 Å². The molecule has 8 heavy (non-hydrogen) atoms. The van der Waals surface area contributed by atoms with Gasteiger partial charge in [0.2, 0.25) is 5.39 Å². The molecule has 4 nitrogen and oxygen atoms in total. The van der Waals surface area contributed by atoms with Crippen LogP contribution in [0, 0.1) is 5.39 Å². The van der Waals surface area contributed by atoms with Crippen LogP contribution >= 0.6 is 0 Å². The zero-order chi connectivity index (χ0) is 6.41. The highest BCUT2D eigenvalue weighted by Gasteiger charge is 1.95. The Kier molecular flexibility index (Phi) is 3.50. The van der Waals surface area contributed by atoms with Crippen LogP contribution in [-0.2, 0) is 9.53 Å². The lowest BCUT2D eigenvalue weighted by Crippen LogP contribution is -2.01. The molecule has 0 N–H and O–H groups in total. The molecule has 0 bridgehead atoms. The van der Waals surface area contributed by atoms with Gasteiger partial charge < -0.3 is 4.74 Å². The summed E-state index contributed by atoms with van der Waals surface area (Å²) in [7, 11) is 0. The quantitative estimate of drug-likeness (QED) is 0.297. The van der Waals surface area contributed by atoms with Gasteiger partial charge in [-0.3, -0.25) is 4.79 Å². The van der Waals surface area contributed by atoms with Crippen LogP contribution in [0.1, 0.15) is 6.92 Å². The fourth-order valence-electron chi connectivity index (χ4n) is 0.230. The van der Waals surface area contributed by atoms with Crippen LogP contribution in [0.5, 0.6) is 0 Å². The van der Waals surface area contributed by atoms with Crippen molar-refractivity contribution in [2.45, 2.75) is 6.92 Å². The van der Waals surface area contributed by atoms with E-state index in [-0.39, 0.29) is 19.1 Å². The normalized spacial score (nSPS) is 7.50. The molecule has 0 radical (unpaired) electrons. The molecule has 0 atom stereocenters. The Balaban J connectivity index is 2.97. The predicted octanol–water partition coefficient (Wildman–Crippen LogP) is 0.403. The Hall–Kier alpha value is -1.11. The Morgan fingerprint density at radius 3 is 2.88 bits per heavy atom. The lowest BCUT2D eigenvalue weighted by atomic mass is 10.7. The second kappa shape index (κ2) is 4.06. The van der Waals surface area contributed by atoms with Crippen molar-refractivity contribution >= 4 is 5.97 Å². The van der Waals surface area contributed by atoms with Crippen molar-refractivity contribution in [1.82, 2.24) is 0 Å². The van der Waals surface area contributed by atoms with Crippen molar-refractivity contribution in [2.75, 3.05) is 13.2 Å². The Labute approximate surface area is 47.1 Å². The van der Waals surface area contributed by atoms with Gasteiger partial charge in [0.1, 0.15) is 4.98 Å². The van der Waals surface area contributed by atoms with Crippen molar-refractivity contribution in [3.8, 4) is 0 Å². The highest BCUT2D eigenvalue weighted by Crippen LogP contribution is 1.75. The molecule has 0 saturated heterocycles. The molecule has 4 heteroatoms. The van der Waals surface area contributed by atoms with Crippen LogP contribution in [0.2, 0.25) is 0 Å². The van der Waals surface area contributed by atoms with Gasteiger partial charge in [-0.1, -0.05) is 0 Å². The monoisotopic (exact) mass is 115 g/mol. The van der Waals surface area contributed by atoms with E-state index >= 15 is 0 Å². The molecule has 0 heterocycles. The molecule has 0 unspecified atom stereocenters. The molecule has 0 aliphatic carbocycles. The van der Waals surface area contributed by atoms with Crippen LogP contribution < -0.4 is 0 Å². The summed E-state index contributed by atoms with van der Waals surface area (Å²) in [4.78, 5) is 12.7. The Morgan fingerprint density at radius 1 is 1.88 bits per heavy atom. The SMILES string of the molecule is CC(=O)OCC[N+]#N. The van der Waals surface area contributed by atoms with E-state index in [0.29, 0.717) is 0 Å². The minimum Gasteiger partial charge on any atom is -0.458 e. The zero-order valence-electron chi connectivity index (χ0n) is 4.63. The van der Waals surface area contributed by atoms with Crippen LogP contribution in [0.25, 0.3) is 4.98 Å². The minimum atomic E-state index is -0.353. The van der Waals surface area contributed by atoms with Crippen LogP contribution in [0.4, 0.5) is 0 Å². The number of hydrogen-bond acceptors (Lipinski definition) is 3. The van der Waals surface area contributed by atoms with Crippen molar-refractivity contribution in [3.05, 3.63) is 4.98 Å². The third-order valence-electron chi connectivity index (χ3n) is 0.497. The summed E-state index contributed by atoms with van der Waals surface area (Å²) in [5.74, 6) is -0.353. The van der Waals surface area contributed by atoms with Crippen LogP contribution in [0.15, 0.2) is 0 Å². The largest absolute Gasteiger partial charge is 0.458 e. The molecule has 44 valence electrons. The number of carbonyl (C=O) groups is 1. The molecule has 0 aromatic rings. The van der Waals surface area contributed by atoms with E-state index in [4.69, 9.17) is 5.39 Å². The third-order valence-corrected chi connectivity index (χ3v) is 0.497. The van der Waals surface area contributed by atoms with Gasteiger partial charge in [0, 0.05) is 6.92 Å². The molecule has 0 aliphatic heterocycles. The number of nitrogens with zero attached hydrogens (tertiary/aromatic N) is 2. The standard InChI is InChI=1S/C4H7N2O2/c1-4(7)8-3-2-6-5/h2-3H2,1H3/q+1. The van der Waals surface area contributed by atoms with E-state index in [9.17, 15) is 4.79 Å². The zero-order valence-corrected chi connectivity index (χ0v) is 4.63. The topological polar surface area (TPSA) is 54.5 Å². The summed E-state index contributed by atoms with van der Waals surface area (Å²) >= 11 is 0. The average Bonchev–Trinajstić information content (AvgIpc) is 1.66. The van der Waals surface area contributed by atoms with E-state index < -0.39 is 0 Å². The van der Waals surface area contributed by atoms with E-state index in [2.05, 4.69) is 9.71 Å². The predicted molar refractivity (Wildman–Crippen MR) is 26.6 cm³/mol. The molecule has 0 spiro atoms. The Bertz CT molecular complexity index is 116. The van der Waals surface area contributed by atoms with E-state index in [0.717, 1.165) is 0 Å². The second-order valence-corrected chi connectivity index (χ2v) is 1.21. The summed E-state index contributed by atoms with van der Waals surface area (Å²) in [6, 6.07) is 0. The first kappa shape index (κ1) is 6.89. The van der Waals surface area contributed by atoms with Crippen molar-refractivity contribution in [1.29, 1.82) is 5.39 Å². The van der Waals surface area contributed by atoms with Gasteiger partial charge in [-0.15, -0.1) is 0 Å². The lowest BCUT2D eigenvalue weighted by molar-refractivity contribution is -0.140. The molecule has 0 rings (SSSR count). The summed E-state index contributed by atoms with van der Waals surface area (Å²) in [5.41, 5.74) is 0. The van der Waals surface area contributed by atoms with E-state index in [1.54, 1.807) is 0 Å². The molecule has 0 aliphatic rings. The Morgan fingerprint density at radius 2 is 2.50 bits per heavy atom. The molecular weight excluding hydrogens is 108 g/mol. The summed E-state index contributed by atoms with van der Waals surface area (Å²) < 4.78 is 4.39. The van der Waals surface area contributed by atoms with Gasteiger partial charge in [-0.25, -0.2) is 0 Å². The van der Waals surface area contributed by atoms with Crippen molar-refractivity contribution in [2.24, 2.45) is 0 Å². The fourth-order valence-corrected chi connectivity index (χ4v) is 0.230. The first-order valence-corrected chi connectivity index (χ1v) is 2.21. The molecule has 0 aromatic heterocycles. The smallest absolute Gasteiger partial charge is 0.338 e. The van der Waals surface area contributed by atoms with E-state index in [1.165, 1.54) is 6.92 Å². The molecule has 0 fully saturated rings. The van der Waals surface area contributed by atoms with Crippen LogP contribution in [0.3, 0.4) is 0 Å². The number of ether oxygens (including phenoxy) is 1. The molecule has 0 saturated carbocycles. The van der Waals surface area contributed by atoms with Gasteiger partial charge in [0.05, 0.1) is 0 Å². The maximum absolute atomic E-state index is 9.97. The third kappa shape index (κ3) is 4.89. The molecule has 0 aromatic carbocycles. The maximum atomic E-state index is 9.97. The average molecular weight is 115 g/mol. The number of diazo groups is 1. The number of carbonyl (C=O) groups excluding carboxylic acids is 1. The van der Waals surface area contributed by atoms with Gasteiger partial charge in [0.15, 0.2) is 6.61 Å². The first-order valence-electron chi connectivity index (χ1n) is 2.21. The number of rotatable bonds is 2. The highest BCUT2D eigenvalue weighted by molar-refractivity contribution is 5.65.